The fraction of sp³-hybridized carbons (Fsp3) is 0.636. The minimum atomic E-state index is -1.51. The maximum atomic E-state index is 11.0. The van der Waals surface area contributed by atoms with E-state index in [1.807, 2.05) is 0 Å². The Morgan fingerprint density at radius 1 is 0.724 bits per heavy atom. The van der Waals surface area contributed by atoms with Crippen molar-refractivity contribution in [1.82, 2.24) is 0 Å². The first-order chi connectivity index (χ1) is 13.1. The molecule has 0 aromatic heterocycles. The molecule has 152 valence electrons. The number of carboxylic acid groups (broad SMARTS) is 2. The van der Waals surface area contributed by atoms with Crippen LogP contribution in [0.4, 0.5) is 5.69 Å². The molecule has 0 fully saturated rings. The zero-order chi connectivity index (χ0) is 19.9. The summed E-state index contributed by atoms with van der Waals surface area (Å²) in [5.74, 6) is -3.02. The molecular formula is C22H33NNa2O4. The van der Waals surface area contributed by atoms with Crippen molar-refractivity contribution < 1.29 is 78.9 Å². The molecule has 0 heterocycles. The van der Waals surface area contributed by atoms with Gasteiger partial charge in [-0.3, -0.25) is 0 Å². The zero-order valence-electron chi connectivity index (χ0n) is 18.6. The van der Waals surface area contributed by atoms with Gasteiger partial charge in [0.25, 0.3) is 0 Å². The van der Waals surface area contributed by atoms with E-state index in [1.165, 1.54) is 76.3 Å². The molecular weight excluding hydrogens is 388 g/mol. The Labute approximate surface area is 220 Å². The Morgan fingerprint density at radius 2 is 1.17 bits per heavy atom. The van der Waals surface area contributed by atoms with Crippen LogP contribution in [-0.4, -0.2) is 18.5 Å². The topological polar surface area (TPSA) is 92.3 Å². The molecule has 0 saturated heterocycles. The minimum Gasteiger partial charge on any atom is -0.545 e. The second-order valence-corrected chi connectivity index (χ2v) is 7.15. The van der Waals surface area contributed by atoms with Crippen molar-refractivity contribution in [3.63, 3.8) is 0 Å². The Hall–Kier alpha value is -0.0400. The molecule has 0 radical (unpaired) electrons. The van der Waals surface area contributed by atoms with Crippen molar-refractivity contribution in [1.29, 1.82) is 0 Å². The summed E-state index contributed by atoms with van der Waals surface area (Å²) in [5.41, 5.74) is -0.122. The van der Waals surface area contributed by atoms with Gasteiger partial charge >= 0.3 is 59.1 Å². The third-order valence-corrected chi connectivity index (χ3v) is 4.82. The molecule has 0 unspecified atom stereocenters. The fourth-order valence-electron chi connectivity index (χ4n) is 3.20. The van der Waals surface area contributed by atoms with Crippen LogP contribution in [0.25, 0.3) is 0 Å². The van der Waals surface area contributed by atoms with Crippen LogP contribution in [-0.2, 0) is 0 Å². The van der Waals surface area contributed by atoms with Crippen molar-refractivity contribution in [3.05, 3.63) is 29.3 Å². The Kier molecular flexibility index (Phi) is 21.4. The summed E-state index contributed by atoms with van der Waals surface area (Å²) in [4.78, 5) is 21.9. The second-order valence-electron chi connectivity index (χ2n) is 7.15. The number of anilines is 1. The molecule has 1 N–H and O–H groups in total. The minimum absolute atomic E-state index is 0. The number of carboxylic acids is 2. The van der Waals surface area contributed by atoms with Gasteiger partial charge in [0, 0.05) is 23.4 Å². The summed E-state index contributed by atoms with van der Waals surface area (Å²) in [7, 11) is 0. The van der Waals surface area contributed by atoms with E-state index < -0.39 is 11.9 Å². The van der Waals surface area contributed by atoms with Gasteiger partial charge in [0.05, 0.1) is 11.9 Å². The van der Waals surface area contributed by atoms with Crippen LogP contribution < -0.4 is 74.6 Å². The first kappa shape index (κ1) is 31.1. The van der Waals surface area contributed by atoms with Crippen molar-refractivity contribution in [3.8, 4) is 0 Å². The number of aromatic carboxylic acids is 2. The number of benzene rings is 1. The number of carbonyl (C=O) groups excluding carboxylic acids is 2. The van der Waals surface area contributed by atoms with E-state index in [1.54, 1.807) is 6.07 Å². The number of hydrogen-bond acceptors (Lipinski definition) is 5. The van der Waals surface area contributed by atoms with Crippen LogP contribution in [0, 0.1) is 0 Å². The van der Waals surface area contributed by atoms with Gasteiger partial charge < -0.3 is 25.1 Å². The fourth-order valence-corrected chi connectivity index (χ4v) is 3.20. The standard InChI is InChI=1S/C22H35NO4.2Na/c1-2-3-4-5-6-7-8-9-10-11-12-13-16-23-18-14-15-19(21(24)25)20(17-18)22(26)27;;/h14-15,17,23H,2-13,16H2,1H3,(H,24,25)(H,26,27);;/q;2*+1/p-2. The molecule has 0 bridgehead atoms. The first-order valence-corrected chi connectivity index (χ1v) is 10.4. The molecule has 29 heavy (non-hydrogen) atoms. The molecule has 0 aliphatic carbocycles. The number of nitrogens with one attached hydrogen (secondary N) is 1. The monoisotopic (exact) mass is 421 g/mol. The Bertz CT molecular complexity index is 582. The van der Waals surface area contributed by atoms with Crippen LogP contribution in [0.1, 0.15) is 105 Å². The van der Waals surface area contributed by atoms with E-state index in [0.29, 0.717) is 5.69 Å². The largest absolute Gasteiger partial charge is 1.00 e. The SMILES string of the molecule is CCCCCCCCCCCCCCNc1ccc(C(=O)[O-])c(C(=O)[O-])c1.[Na+].[Na+]. The molecule has 0 amide bonds. The molecule has 0 saturated carbocycles. The van der Waals surface area contributed by atoms with E-state index >= 15 is 0 Å². The van der Waals surface area contributed by atoms with E-state index in [4.69, 9.17) is 0 Å². The van der Waals surface area contributed by atoms with Gasteiger partial charge in [0.15, 0.2) is 0 Å². The number of carbonyl (C=O) groups is 2. The Morgan fingerprint density at radius 3 is 1.62 bits per heavy atom. The summed E-state index contributed by atoms with van der Waals surface area (Å²) in [6.07, 6.45) is 15.4. The second kappa shape index (κ2) is 19.9. The van der Waals surface area contributed by atoms with Gasteiger partial charge in [-0.05, 0) is 18.6 Å². The van der Waals surface area contributed by atoms with Gasteiger partial charge in [0.1, 0.15) is 0 Å². The first-order valence-electron chi connectivity index (χ1n) is 10.4. The van der Waals surface area contributed by atoms with Crippen LogP contribution in [0.5, 0.6) is 0 Å². The number of rotatable bonds is 16. The van der Waals surface area contributed by atoms with Gasteiger partial charge in [-0.2, -0.15) is 0 Å². The Balaban J connectivity index is 0. The molecule has 5 nitrogen and oxygen atoms in total. The third kappa shape index (κ3) is 14.6. The van der Waals surface area contributed by atoms with Crippen molar-refractivity contribution >= 4 is 17.6 Å². The van der Waals surface area contributed by atoms with Crippen LogP contribution in [0.3, 0.4) is 0 Å². The number of hydrogen-bond donors (Lipinski definition) is 1. The zero-order valence-corrected chi connectivity index (χ0v) is 22.6. The van der Waals surface area contributed by atoms with Crippen molar-refractivity contribution in [2.45, 2.75) is 84.0 Å². The summed E-state index contributed by atoms with van der Waals surface area (Å²) in [6, 6.07) is 4.09. The van der Waals surface area contributed by atoms with Gasteiger partial charge in [-0.15, -0.1) is 0 Å². The molecule has 1 aromatic rings. The molecule has 1 rings (SSSR count). The number of unbranched alkanes of at least 4 members (excludes halogenated alkanes) is 11. The summed E-state index contributed by atoms with van der Waals surface area (Å²) in [6.45, 7) is 2.97. The molecule has 0 spiro atoms. The quantitative estimate of drug-likeness (QED) is 0.236. The van der Waals surface area contributed by atoms with E-state index in [9.17, 15) is 19.8 Å². The average Bonchev–Trinajstić information content (AvgIpc) is 2.65. The summed E-state index contributed by atoms with van der Waals surface area (Å²) < 4.78 is 0. The third-order valence-electron chi connectivity index (χ3n) is 4.82. The average molecular weight is 421 g/mol. The van der Waals surface area contributed by atoms with E-state index in [0.717, 1.165) is 19.4 Å². The summed E-state index contributed by atoms with van der Waals surface area (Å²) in [5, 5.41) is 25.1. The van der Waals surface area contributed by atoms with E-state index in [2.05, 4.69) is 12.2 Å². The smallest absolute Gasteiger partial charge is 0.545 e. The van der Waals surface area contributed by atoms with Crippen LogP contribution >= 0.6 is 0 Å². The molecule has 1 aromatic carbocycles. The van der Waals surface area contributed by atoms with Crippen molar-refractivity contribution in [2.24, 2.45) is 0 Å². The molecule has 0 aliphatic rings. The van der Waals surface area contributed by atoms with Gasteiger partial charge in [0.2, 0.25) is 0 Å². The normalized spacial score (nSPS) is 9.97. The van der Waals surface area contributed by atoms with Gasteiger partial charge in [-0.1, -0.05) is 83.6 Å². The maximum absolute atomic E-state index is 11.0. The predicted octanol–water partition coefficient (Wildman–Crippen LogP) is -2.47. The summed E-state index contributed by atoms with van der Waals surface area (Å²) >= 11 is 0. The van der Waals surface area contributed by atoms with Crippen molar-refractivity contribution in [2.75, 3.05) is 11.9 Å². The van der Waals surface area contributed by atoms with E-state index in [-0.39, 0.29) is 70.2 Å². The van der Waals surface area contributed by atoms with Gasteiger partial charge in [-0.25, -0.2) is 0 Å². The maximum Gasteiger partial charge on any atom is 1.00 e. The van der Waals surface area contributed by atoms with Crippen LogP contribution in [0.2, 0.25) is 0 Å². The predicted molar refractivity (Wildman–Crippen MR) is 105 cm³/mol. The van der Waals surface area contributed by atoms with Crippen LogP contribution in [0.15, 0.2) is 18.2 Å². The molecule has 0 aliphatic heterocycles. The molecule has 7 heteroatoms. The molecule has 0 atom stereocenters.